The van der Waals surface area contributed by atoms with Gasteiger partial charge in [-0.25, -0.2) is 9.78 Å². The first-order valence-electron chi connectivity index (χ1n) is 14.7. The van der Waals surface area contributed by atoms with Crippen molar-refractivity contribution in [3.8, 4) is 11.4 Å². The predicted molar refractivity (Wildman–Crippen MR) is 168 cm³/mol. The van der Waals surface area contributed by atoms with Crippen LogP contribution >= 0.6 is 0 Å². The normalized spacial score (nSPS) is 14.5. The Bertz CT molecular complexity index is 1800. The SMILES string of the molecule is O=C(O)/C=C/c1ccc(NC(=O)C(NC(=O)c2ccc3c(c2)nc(-c2ccoc2)n3C2CCCCC2)c2ccccc2)cc1. The molecule has 1 unspecified atom stereocenters. The van der Waals surface area contributed by atoms with Crippen LogP contribution in [0.5, 0.6) is 0 Å². The van der Waals surface area contributed by atoms with E-state index in [4.69, 9.17) is 14.5 Å². The van der Waals surface area contributed by atoms with Crippen molar-refractivity contribution >= 4 is 40.6 Å². The molecule has 0 aliphatic heterocycles. The van der Waals surface area contributed by atoms with Crippen molar-refractivity contribution in [3.63, 3.8) is 0 Å². The number of hydrogen-bond acceptors (Lipinski definition) is 5. The Hall–Kier alpha value is -5.44. The molecule has 1 fully saturated rings. The average Bonchev–Trinajstić information content (AvgIpc) is 3.72. The molecule has 2 amide bonds. The van der Waals surface area contributed by atoms with E-state index < -0.39 is 23.8 Å². The van der Waals surface area contributed by atoms with Gasteiger partial charge < -0.3 is 24.7 Å². The summed E-state index contributed by atoms with van der Waals surface area (Å²) < 4.78 is 7.65. The molecule has 9 nitrogen and oxygen atoms in total. The number of rotatable bonds is 9. The third-order valence-corrected chi connectivity index (χ3v) is 7.94. The quantitative estimate of drug-likeness (QED) is 0.159. The smallest absolute Gasteiger partial charge is 0.328 e. The molecule has 3 N–H and O–H groups in total. The molecule has 0 saturated heterocycles. The molecule has 1 atom stereocenters. The van der Waals surface area contributed by atoms with Crippen LogP contribution in [0.15, 0.2) is 102 Å². The number of amides is 2. The summed E-state index contributed by atoms with van der Waals surface area (Å²) in [5, 5.41) is 14.6. The monoisotopic (exact) mass is 588 g/mol. The Kier molecular flexibility index (Phi) is 8.36. The molecular weight excluding hydrogens is 556 g/mol. The van der Waals surface area contributed by atoms with Gasteiger partial charge in [0.15, 0.2) is 0 Å². The number of furan rings is 1. The lowest BCUT2D eigenvalue weighted by Crippen LogP contribution is -2.37. The maximum absolute atomic E-state index is 13.6. The number of carbonyl (C=O) groups is 3. The van der Waals surface area contributed by atoms with Crippen LogP contribution in [0.25, 0.3) is 28.5 Å². The highest BCUT2D eigenvalue weighted by Gasteiger charge is 2.26. The summed E-state index contributed by atoms with van der Waals surface area (Å²) in [4.78, 5) is 42.9. The fourth-order valence-electron chi connectivity index (χ4n) is 5.76. The van der Waals surface area contributed by atoms with E-state index in [0.29, 0.717) is 33.9 Å². The van der Waals surface area contributed by atoms with Gasteiger partial charge in [-0.1, -0.05) is 61.7 Å². The summed E-state index contributed by atoms with van der Waals surface area (Å²) in [6.45, 7) is 0. The molecule has 222 valence electrons. The Morgan fingerprint density at radius 2 is 1.73 bits per heavy atom. The van der Waals surface area contributed by atoms with Gasteiger partial charge in [-0.3, -0.25) is 9.59 Å². The molecule has 0 spiro atoms. The van der Waals surface area contributed by atoms with Crippen molar-refractivity contribution in [2.45, 2.75) is 44.2 Å². The van der Waals surface area contributed by atoms with E-state index in [0.717, 1.165) is 35.8 Å². The number of carboxylic acid groups (broad SMARTS) is 1. The summed E-state index contributed by atoms with van der Waals surface area (Å²) in [5.74, 6) is -1.03. The van der Waals surface area contributed by atoms with Crippen LogP contribution in [0.3, 0.4) is 0 Å². The van der Waals surface area contributed by atoms with Gasteiger partial charge in [-0.2, -0.15) is 0 Å². The molecular formula is C35H32N4O5. The lowest BCUT2D eigenvalue weighted by atomic mass is 9.95. The first kappa shape index (κ1) is 28.7. The zero-order valence-corrected chi connectivity index (χ0v) is 24.0. The number of carboxylic acids is 1. The van der Waals surface area contributed by atoms with Gasteiger partial charge in [0.1, 0.15) is 18.1 Å². The number of nitrogens with zero attached hydrogens (tertiary/aromatic N) is 2. The summed E-state index contributed by atoms with van der Waals surface area (Å²) in [5.41, 5.74) is 4.78. The van der Waals surface area contributed by atoms with E-state index in [1.54, 1.807) is 61.1 Å². The van der Waals surface area contributed by atoms with E-state index in [-0.39, 0.29) is 0 Å². The molecule has 2 aromatic heterocycles. The third kappa shape index (κ3) is 6.32. The number of hydrogen-bond donors (Lipinski definition) is 3. The molecule has 5 aromatic rings. The van der Waals surface area contributed by atoms with Crippen molar-refractivity contribution in [2.24, 2.45) is 0 Å². The number of imidazole rings is 1. The first-order chi connectivity index (χ1) is 21.5. The van der Waals surface area contributed by atoms with E-state index in [1.807, 2.05) is 30.3 Å². The lowest BCUT2D eigenvalue weighted by Gasteiger charge is -2.25. The maximum atomic E-state index is 13.6. The molecule has 3 aromatic carbocycles. The van der Waals surface area contributed by atoms with Crippen LogP contribution in [0.1, 0.15) is 65.7 Å². The average molecular weight is 589 g/mol. The van der Waals surface area contributed by atoms with Crippen LogP contribution in [0.2, 0.25) is 0 Å². The van der Waals surface area contributed by atoms with Crippen molar-refractivity contribution in [1.82, 2.24) is 14.9 Å². The second kappa shape index (κ2) is 12.8. The van der Waals surface area contributed by atoms with E-state index in [2.05, 4.69) is 15.2 Å². The summed E-state index contributed by atoms with van der Waals surface area (Å²) in [6, 6.07) is 22.6. The number of aliphatic carboxylic acids is 1. The van der Waals surface area contributed by atoms with Gasteiger partial charge in [-0.05, 0) is 66.4 Å². The number of carbonyl (C=O) groups excluding carboxylic acids is 2. The number of aromatic nitrogens is 2. The van der Waals surface area contributed by atoms with E-state index in [9.17, 15) is 14.4 Å². The first-order valence-corrected chi connectivity index (χ1v) is 14.7. The van der Waals surface area contributed by atoms with Crippen molar-refractivity contribution < 1.29 is 23.9 Å². The van der Waals surface area contributed by atoms with Crippen LogP contribution in [0, 0.1) is 0 Å². The predicted octanol–water partition coefficient (Wildman–Crippen LogP) is 7.01. The second-order valence-electron chi connectivity index (χ2n) is 10.9. The number of benzene rings is 3. The Morgan fingerprint density at radius 3 is 2.43 bits per heavy atom. The Balaban J connectivity index is 1.26. The summed E-state index contributed by atoms with van der Waals surface area (Å²) in [6.07, 6.45) is 11.6. The number of anilines is 1. The lowest BCUT2D eigenvalue weighted by molar-refractivity contribution is -0.131. The molecule has 1 saturated carbocycles. The molecule has 2 heterocycles. The van der Waals surface area contributed by atoms with Crippen LogP contribution in [-0.4, -0.2) is 32.4 Å². The minimum atomic E-state index is -1.04. The molecule has 1 aliphatic rings. The van der Waals surface area contributed by atoms with Crippen molar-refractivity contribution in [1.29, 1.82) is 0 Å². The topological polar surface area (TPSA) is 126 Å². The molecule has 44 heavy (non-hydrogen) atoms. The summed E-state index contributed by atoms with van der Waals surface area (Å²) >= 11 is 0. The van der Waals surface area contributed by atoms with Gasteiger partial charge in [0.2, 0.25) is 0 Å². The Labute approximate surface area is 254 Å². The standard InChI is InChI=1S/C35H32N4O5/c40-31(41)18-13-23-11-15-27(16-12-23)36-35(43)32(24-7-3-1-4-8-24)38-34(42)25-14-17-30-29(21-25)37-33(26-19-20-44-22-26)39(30)28-9-5-2-6-10-28/h1,3-4,7-8,11-22,28,32H,2,5-6,9-10H2,(H,36,43)(H,38,42)(H,40,41)/b18-13+. The number of fused-ring (bicyclic) bond motifs is 1. The van der Waals surface area contributed by atoms with Crippen molar-refractivity contribution in [2.75, 3.05) is 5.32 Å². The van der Waals surface area contributed by atoms with E-state index in [1.165, 1.54) is 25.3 Å². The fraction of sp³-hybridized carbons (Fsp3) is 0.200. The minimum Gasteiger partial charge on any atom is -0.478 e. The summed E-state index contributed by atoms with van der Waals surface area (Å²) in [7, 11) is 0. The highest BCUT2D eigenvalue weighted by atomic mass is 16.4. The second-order valence-corrected chi connectivity index (χ2v) is 10.9. The van der Waals surface area contributed by atoms with Crippen molar-refractivity contribution in [3.05, 3.63) is 114 Å². The third-order valence-electron chi connectivity index (χ3n) is 7.94. The Morgan fingerprint density at radius 1 is 0.955 bits per heavy atom. The largest absolute Gasteiger partial charge is 0.478 e. The maximum Gasteiger partial charge on any atom is 0.328 e. The number of nitrogens with one attached hydrogen (secondary N) is 2. The molecule has 1 aliphatic carbocycles. The van der Waals surface area contributed by atoms with Crippen LogP contribution in [0.4, 0.5) is 5.69 Å². The van der Waals surface area contributed by atoms with Crippen LogP contribution in [-0.2, 0) is 9.59 Å². The molecule has 9 heteroatoms. The van der Waals surface area contributed by atoms with Gasteiger partial charge in [-0.15, -0.1) is 0 Å². The zero-order chi connectivity index (χ0) is 30.5. The zero-order valence-electron chi connectivity index (χ0n) is 24.0. The molecule has 0 radical (unpaired) electrons. The van der Waals surface area contributed by atoms with E-state index >= 15 is 0 Å². The highest BCUT2D eigenvalue weighted by Crippen LogP contribution is 2.36. The van der Waals surface area contributed by atoms with Crippen LogP contribution < -0.4 is 10.6 Å². The van der Waals surface area contributed by atoms with Gasteiger partial charge in [0.25, 0.3) is 11.8 Å². The van der Waals surface area contributed by atoms with Gasteiger partial charge in [0.05, 0.1) is 22.9 Å². The molecule has 6 rings (SSSR count). The minimum absolute atomic E-state index is 0.326. The molecule has 0 bridgehead atoms. The fourth-order valence-corrected chi connectivity index (χ4v) is 5.76. The highest BCUT2D eigenvalue weighted by molar-refractivity contribution is 6.03. The van der Waals surface area contributed by atoms with Gasteiger partial charge >= 0.3 is 5.97 Å². The van der Waals surface area contributed by atoms with Gasteiger partial charge in [0, 0.05) is 23.4 Å².